The van der Waals surface area contributed by atoms with E-state index in [0.29, 0.717) is 6.54 Å². The van der Waals surface area contributed by atoms with E-state index in [1.807, 2.05) is 13.0 Å². The minimum absolute atomic E-state index is 0.179. The number of benzene rings is 1. The Labute approximate surface area is 88.5 Å². The highest BCUT2D eigenvalue weighted by Crippen LogP contribution is 2.21. The second-order valence-electron chi connectivity index (χ2n) is 3.81. The number of aromatic nitrogens is 1. The van der Waals surface area contributed by atoms with Gasteiger partial charge in [0, 0.05) is 23.6 Å². The minimum Gasteiger partial charge on any atom is -0.347 e. The predicted octanol–water partition coefficient (Wildman–Crippen LogP) is 2.44. The monoisotopic (exact) mass is 206 g/mol. The Bertz CT molecular complexity index is 474. The van der Waals surface area contributed by atoms with Gasteiger partial charge in [0.15, 0.2) is 0 Å². The number of fused-ring (bicyclic) bond motifs is 1. The lowest BCUT2D eigenvalue weighted by atomic mass is 10.2. The van der Waals surface area contributed by atoms with Crippen LogP contribution in [-0.4, -0.2) is 11.1 Å². The molecule has 0 saturated heterocycles. The summed E-state index contributed by atoms with van der Waals surface area (Å²) >= 11 is 0. The molecule has 0 fully saturated rings. The fourth-order valence-electron chi connectivity index (χ4n) is 1.89. The first kappa shape index (κ1) is 10.2. The van der Waals surface area contributed by atoms with E-state index in [4.69, 9.17) is 5.73 Å². The highest BCUT2D eigenvalue weighted by molar-refractivity contribution is 5.83. The molecular formula is C12H15FN2. The van der Waals surface area contributed by atoms with Crippen molar-refractivity contribution >= 4 is 10.9 Å². The van der Waals surface area contributed by atoms with Crippen LogP contribution in [0.15, 0.2) is 24.4 Å². The molecule has 0 bridgehead atoms. The summed E-state index contributed by atoms with van der Waals surface area (Å²) in [5, 5.41) is 0.993. The molecule has 1 heterocycles. The zero-order valence-corrected chi connectivity index (χ0v) is 8.83. The van der Waals surface area contributed by atoms with E-state index in [0.717, 1.165) is 29.4 Å². The Kier molecular flexibility index (Phi) is 2.73. The molecule has 0 radical (unpaired) electrons. The number of aryl methyl sites for hydroxylation is 2. The second-order valence-corrected chi connectivity index (χ2v) is 3.81. The lowest BCUT2D eigenvalue weighted by Crippen LogP contribution is -2.04. The van der Waals surface area contributed by atoms with E-state index in [1.54, 1.807) is 6.07 Å². The van der Waals surface area contributed by atoms with Gasteiger partial charge >= 0.3 is 0 Å². The highest BCUT2D eigenvalue weighted by Gasteiger charge is 2.05. The first-order valence-electron chi connectivity index (χ1n) is 5.17. The van der Waals surface area contributed by atoms with Crippen molar-refractivity contribution in [2.24, 2.45) is 5.73 Å². The van der Waals surface area contributed by atoms with E-state index in [9.17, 15) is 4.39 Å². The molecule has 0 spiro atoms. The van der Waals surface area contributed by atoms with Crippen molar-refractivity contribution in [2.75, 3.05) is 6.54 Å². The number of hydrogen-bond donors (Lipinski definition) is 1. The first-order chi connectivity index (χ1) is 7.22. The predicted molar refractivity (Wildman–Crippen MR) is 60.3 cm³/mol. The van der Waals surface area contributed by atoms with Crippen LogP contribution in [0, 0.1) is 12.7 Å². The van der Waals surface area contributed by atoms with Crippen LogP contribution in [0.3, 0.4) is 0 Å². The largest absolute Gasteiger partial charge is 0.347 e. The van der Waals surface area contributed by atoms with Gasteiger partial charge in [-0.2, -0.15) is 0 Å². The summed E-state index contributed by atoms with van der Waals surface area (Å²) in [6.45, 7) is 3.58. The molecule has 80 valence electrons. The average Bonchev–Trinajstić information content (AvgIpc) is 2.53. The van der Waals surface area contributed by atoms with Gasteiger partial charge in [-0.05, 0) is 43.7 Å². The van der Waals surface area contributed by atoms with Crippen LogP contribution < -0.4 is 5.73 Å². The van der Waals surface area contributed by atoms with Crippen LogP contribution in [0.2, 0.25) is 0 Å². The van der Waals surface area contributed by atoms with Crippen LogP contribution in [-0.2, 0) is 6.54 Å². The maximum atomic E-state index is 13.0. The normalized spacial score (nSPS) is 11.1. The molecule has 0 aliphatic carbocycles. The molecule has 0 saturated carbocycles. The third-order valence-electron chi connectivity index (χ3n) is 2.65. The molecule has 2 N–H and O–H groups in total. The average molecular weight is 206 g/mol. The van der Waals surface area contributed by atoms with Crippen LogP contribution in [0.1, 0.15) is 12.0 Å². The Morgan fingerprint density at radius 2 is 2.20 bits per heavy atom. The fraction of sp³-hybridized carbons (Fsp3) is 0.333. The van der Waals surface area contributed by atoms with Crippen molar-refractivity contribution < 1.29 is 4.39 Å². The van der Waals surface area contributed by atoms with Gasteiger partial charge in [-0.25, -0.2) is 4.39 Å². The molecular weight excluding hydrogens is 191 g/mol. The number of hydrogen-bond acceptors (Lipinski definition) is 1. The number of rotatable bonds is 3. The molecule has 0 atom stereocenters. The van der Waals surface area contributed by atoms with Crippen LogP contribution in [0.25, 0.3) is 10.9 Å². The summed E-state index contributed by atoms with van der Waals surface area (Å²) in [6, 6.07) is 4.92. The van der Waals surface area contributed by atoms with Crippen LogP contribution in [0.4, 0.5) is 4.39 Å². The Hall–Kier alpha value is -1.35. The standard InChI is InChI=1S/C12H15FN2/c1-9-8-15(6-2-5-14)12-4-3-10(13)7-11(9)12/h3-4,7-8H,2,5-6,14H2,1H3. The quantitative estimate of drug-likeness (QED) is 0.821. The van der Waals surface area contributed by atoms with Crippen molar-refractivity contribution in [3.05, 3.63) is 35.8 Å². The summed E-state index contributed by atoms with van der Waals surface area (Å²) in [5.74, 6) is -0.179. The highest BCUT2D eigenvalue weighted by atomic mass is 19.1. The Morgan fingerprint density at radius 3 is 2.93 bits per heavy atom. The maximum Gasteiger partial charge on any atom is 0.123 e. The minimum atomic E-state index is -0.179. The van der Waals surface area contributed by atoms with Crippen molar-refractivity contribution in [1.82, 2.24) is 4.57 Å². The van der Waals surface area contributed by atoms with Gasteiger partial charge in [-0.15, -0.1) is 0 Å². The lowest BCUT2D eigenvalue weighted by molar-refractivity contribution is 0.629. The van der Waals surface area contributed by atoms with E-state index < -0.39 is 0 Å². The summed E-state index contributed by atoms with van der Waals surface area (Å²) in [6.07, 6.45) is 3.00. The molecule has 3 heteroatoms. The number of halogens is 1. The summed E-state index contributed by atoms with van der Waals surface area (Å²) in [4.78, 5) is 0. The van der Waals surface area contributed by atoms with Crippen molar-refractivity contribution in [3.8, 4) is 0 Å². The van der Waals surface area contributed by atoms with E-state index in [-0.39, 0.29) is 5.82 Å². The Morgan fingerprint density at radius 1 is 1.40 bits per heavy atom. The summed E-state index contributed by atoms with van der Waals surface area (Å²) in [5.41, 5.74) is 7.68. The lowest BCUT2D eigenvalue weighted by Gasteiger charge is -2.03. The van der Waals surface area contributed by atoms with E-state index in [2.05, 4.69) is 10.8 Å². The van der Waals surface area contributed by atoms with Crippen molar-refractivity contribution in [2.45, 2.75) is 19.9 Å². The SMILES string of the molecule is Cc1cn(CCCN)c2ccc(F)cc12. The Balaban J connectivity index is 2.48. The molecule has 15 heavy (non-hydrogen) atoms. The molecule has 1 aromatic carbocycles. The molecule has 2 nitrogen and oxygen atoms in total. The molecule has 0 aliphatic rings. The zero-order valence-electron chi connectivity index (χ0n) is 8.83. The first-order valence-corrected chi connectivity index (χ1v) is 5.17. The van der Waals surface area contributed by atoms with Gasteiger partial charge in [-0.1, -0.05) is 0 Å². The topological polar surface area (TPSA) is 30.9 Å². The molecule has 0 amide bonds. The van der Waals surface area contributed by atoms with Gasteiger partial charge in [0.1, 0.15) is 5.82 Å². The summed E-state index contributed by atoms with van der Waals surface area (Å²) in [7, 11) is 0. The second kappa shape index (κ2) is 4.03. The zero-order chi connectivity index (χ0) is 10.8. The van der Waals surface area contributed by atoms with E-state index >= 15 is 0 Å². The van der Waals surface area contributed by atoms with Gasteiger partial charge in [0.2, 0.25) is 0 Å². The van der Waals surface area contributed by atoms with Gasteiger partial charge in [0.25, 0.3) is 0 Å². The third kappa shape index (κ3) is 1.88. The van der Waals surface area contributed by atoms with Gasteiger partial charge < -0.3 is 10.3 Å². The molecule has 0 aliphatic heterocycles. The van der Waals surface area contributed by atoms with Crippen LogP contribution >= 0.6 is 0 Å². The van der Waals surface area contributed by atoms with Crippen LogP contribution in [0.5, 0.6) is 0 Å². The van der Waals surface area contributed by atoms with Gasteiger partial charge in [-0.3, -0.25) is 0 Å². The van der Waals surface area contributed by atoms with E-state index in [1.165, 1.54) is 6.07 Å². The maximum absolute atomic E-state index is 13.0. The molecule has 2 rings (SSSR count). The fourth-order valence-corrected chi connectivity index (χ4v) is 1.89. The molecule has 0 unspecified atom stereocenters. The van der Waals surface area contributed by atoms with Crippen molar-refractivity contribution in [1.29, 1.82) is 0 Å². The number of nitrogens with two attached hydrogens (primary N) is 1. The summed E-state index contributed by atoms with van der Waals surface area (Å²) < 4.78 is 15.2. The smallest absolute Gasteiger partial charge is 0.123 e. The number of nitrogens with zero attached hydrogens (tertiary/aromatic N) is 1. The third-order valence-corrected chi connectivity index (χ3v) is 2.65. The molecule has 2 aromatic rings. The van der Waals surface area contributed by atoms with Gasteiger partial charge in [0.05, 0.1) is 0 Å². The van der Waals surface area contributed by atoms with Crippen molar-refractivity contribution in [3.63, 3.8) is 0 Å². The molecule has 1 aromatic heterocycles.